The molecule has 2 fully saturated rings. The number of sulfonamides is 1. The predicted molar refractivity (Wildman–Crippen MR) is 179 cm³/mol. The number of urea groups is 1. The van der Waals surface area contributed by atoms with Crippen molar-refractivity contribution in [1.82, 2.24) is 34.0 Å². The number of nitrogens with zero attached hydrogens (tertiary/aromatic N) is 6. The summed E-state index contributed by atoms with van der Waals surface area (Å²) in [4.78, 5) is 51.8. The van der Waals surface area contributed by atoms with Gasteiger partial charge in [-0.2, -0.15) is 17.5 Å². The van der Waals surface area contributed by atoms with Crippen molar-refractivity contribution < 1.29 is 31.2 Å². The molecule has 0 unspecified atom stereocenters. The minimum atomic E-state index is -4.67. The molecule has 0 atom stereocenters. The zero-order valence-electron chi connectivity index (χ0n) is 26.7. The van der Waals surface area contributed by atoms with Crippen LogP contribution in [-0.2, 0) is 16.2 Å². The fourth-order valence-electron chi connectivity index (χ4n) is 5.99. The number of hydrogen-bond donors (Lipinski definition) is 2. The molecule has 4 aromatic rings. The molecule has 0 bridgehead atoms. The Morgan fingerprint density at radius 2 is 1.80 bits per heavy atom. The van der Waals surface area contributed by atoms with Crippen LogP contribution in [0.15, 0.2) is 46.8 Å². The molecule has 2 aliphatic rings. The number of pyridine rings is 2. The number of thiazole rings is 1. The Kier molecular flexibility index (Phi) is 9.25. The van der Waals surface area contributed by atoms with Gasteiger partial charge >= 0.3 is 12.2 Å². The first-order valence-corrected chi connectivity index (χ1v) is 18.1. The Labute approximate surface area is 283 Å². The number of nitrogens with one attached hydrogen (secondary N) is 2. The highest BCUT2D eigenvalue weighted by Crippen LogP contribution is 2.39. The molecule has 2 N–H and O–H groups in total. The van der Waals surface area contributed by atoms with E-state index < -0.39 is 39.3 Å². The van der Waals surface area contributed by atoms with Crippen LogP contribution in [0, 0.1) is 0 Å². The Morgan fingerprint density at radius 3 is 2.41 bits per heavy atom. The van der Waals surface area contributed by atoms with Gasteiger partial charge in [-0.3, -0.25) is 14.9 Å². The van der Waals surface area contributed by atoms with Crippen molar-refractivity contribution in [2.75, 3.05) is 64.4 Å². The number of aromatic nitrogens is 3. The molecule has 0 saturated carbocycles. The lowest BCUT2D eigenvalue weighted by Gasteiger charge is -2.39. The van der Waals surface area contributed by atoms with Gasteiger partial charge in [0.2, 0.25) is 15.5 Å². The molecule has 13 nitrogen and oxygen atoms in total. The number of hydrogen-bond acceptors (Lipinski definition) is 9. The molecule has 2 aliphatic heterocycles. The van der Waals surface area contributed by atoms with Crippen molar-refractivity contribution in [3.05, 3.63) is 63.5 Å². The lowest BCUT2D eigenvalue weighted by atomic mass is 9.98. The van der Waals surface area contributed by atoms with Gasteiger partial charge in [-0.1, -0.05) is 6.07 Å². The summed E-state index contributed by atoms with van der Waals surface area (Å²) in [5.41, 5.74) is -0.0589. The van der Waals surface area contributed by atoms with Gasteiger partial charge in [0, 0.05) is 80.1 Å². The molecule has 3 amide bonds. The maximum atomic E-state index is 14.1. The van der Waals surface area contributed by atoms with E-state index in [1.807, 2.05) is 11.6 Å². The average Bonchev–Trinajstić information content (AvgIpc) is 3.55. The fraction of sp³-hybridized carbons (Fsp3) is 0.387. The topological polar surface area (TPSA) is 150 Å². The molecule has 49 heavy (non-hydrogen) atoms. The highest BCUT2D eigenvalue weighted by Gasteiger charge is 2.35. The number of alkyl halides is 3. The minimum Gasteiger partial charge on any atom is -0.341 e. The molecule has 0 radical (unpaired) electrons. The molecule has 260 valence electrons. The maximum absolute atomic E-state index is 14.1. The van der Waals surface area contributed by atoms with Crippen LogP contribution < -0.4 is 16.1 Å². The largest absolute Gasteiger partial charge is 0.434 e. The SMILES string of the molecule is CCNC(=O)Nc1cc(-c2nc(C(F)(F)F)cs2)c(-c2ccc3c(c2)c(=O)c(C(=O)N2CCN(S(C)(=O)=O)CC2)cn3C2CN(C)C2)cn1. The van der Waals surface area contributed by atoms with E-state index >= 15 is 0 Å². The van der Waals surface area contributed by atoms with E-state index in [2.05, 4.69) is 25.5 Å². The van der Waals surface area contributed by atoms with Crippen LogP contribution in [0.4, 0.5) is 23.8 Å². The second-order valence-electron chi connectivity index (χ2n) is 12.0. The molecule has 2 saturated heterocycles. The van der Waals surface area contributed by atoms with E-state index in [9.17, 15) is 36.0 Å². The van der Waals surface area contributed by atoms with Crippen molar-refractivity contribution in [2.24, 2.45) is 0 Å². The molecular weight excluding hydrogens is 686 g/mol. The van der Waals surface area contributed by atoms with Crippen molar-refractivity contribution >= 4 is 50.0 Å². The number of halogens is 3. The van der Waals surface area contributed by atoms with Crippen LogP contribution in [0.3, 0.4) is 0 Å². The first-order chi connectivity index (χ1) is 23.1. The summed E-state index contributed by atoms with van der Waals surface area (Å²) in [6, 6.07) is 5.89. The minimum absolute atomic E-state index is 0.0239. The van der Waals surface area contributed by atoms with E-state index in [0.717, 1.165) is 23.0 Å². The highest BCUT2D eigenvalue weighted by molar-refractivity contribution is 7.88. The van der Waals surface area contributed by atoms with Crippen molar-refractivity contribution in [2.45, 2.75) is 19.1 Å². The smallest absolute Gasteiger partial charge is 0.341 e. The standard InChI is InChI=1S/C31H33F3N8O5S2/c1-4-35-30(45)38-26-12-20(28-37-25(17-48-28)31(32,33)34)22(13-36-26)18-5-6-24-21(11-18)27(43)23(16-42(24)19-14-39(2)15-19)29(44)40-7-9-41(10-8-40)49(3,46)47/h5-6,11-13,16-17,19H,4,7-10,14-15H2,1-3H3,(H2,35,36,38,45). The van der Waals surface area contributed by atoms with E-state index in [-0.39, 0.29) is 59.6 Å². The zero-order valence-corrected chi connectivity index (χ0v) is 28.4. The number of carbonyl (C=O) groups excluding carboxylic acids is 2. The lowest BCUT2D eigenvalue weighted by molar-refractivity contribution is -0.140. The molecule has 0 aliphatic carbocycles. The quantitative estimate of drug-likeness (QED) is 0.295. The monoisotopic (exact) mass is 718 g/mol. The number of piperazine rings is 1. The van der Waals surface area contributed by atoms with Gasteiger partial charge in [0.05, 0.1) is 17.8 Å². The van der Waals surface area contributed by atoms with Gasteiger partial charge in [0.15, 0.2) is 5.69 Å². The normalized spacial score (nSPS) is 16.5. The molecule has 3 aromatic heterocycles. The number of amides is 3. The van der Waals surface area contributed by atoms with Gasteiger partial charge in [-0.05, 0) is 37.7 Å². The predicted octanol–water partition coefficient (Wildman–Crippen LogP) is 3.55. The fourth-order valence-corrected chi connectivity index (χ4v) is 7.68. The molecule has 5 heterocycles. The lowest BCUT2D eigenvalue weighted by Crippen LogP contribution is -2.51. The molecular formula is C31H33F3N8O5S2. The average molecular weight is 719 g/mol. The first kappa shape index (κ1) is 34.5. The third-order valence-electron chi connectivity index (χ3n) is 8.51. The van der Waals surface area contributed by atoms with Crippen molar-refractivity contribution in [3.8, 4) is 21.7 Å². The zero-order chi connectivity index (χ0) is 35.2. The second-order valence-corrected chi connectivity index (χ2v) is 14.8. The Balaban J connectivity index is 1.46. The molecule has 6 rings (SSSR count). The summed E-state index contributed by atoms with van der Waals surface area (Å²) in [5.74, 6) is -0.438. The number of anilines is 1. The van der Waals surface area contributed by atoms with Crippen LogP contribution in [0.1, 0.15) is 29.0 Å². The van der Waals surface area contributed by atoms with Crippen LogP contribution in [0.2, 0.25) is 0 Å². The number of likely N-dealkylation sites (N-methyl/N-ethyl adjacent to an activating group) is 1. The van der Waals surface area contributed by atoms with E-state index in [1.54, 1.807) is 31.3 Å². The maximum Gasteiger partial charge on any atom is 0.434 e. The van der Waals surface area contributed by atoms with Crippen molar-refractivity contribution in [1.29, 1.82) is 0 Å². The van der Waals surface area contributed by atoms with Crippen LogP contribution in [-0.4, -0.2) is 108 Å². The van der Waals surface area contributed by atoms with Crippen LogP contribution in [0.5, 0.6) is 0 Å². The third kappa shape index (κ3) is 7.03. The molecule has 18 heteroatoms. The van der Waals surface area contributed by atoms with Gasteiger partial charge in [-0.15, -0.1) is 11.3 Å². The number of benzene rings is 1. The number of carbonyl (C=O) groups is 2. The van der Waals surface area contributed by atoms with E-state index in [0.29, 0.717) is 36.3 Å². The summed E-state index contributed by atoms with van der Waals surface area (Å²) in [7, 11) is -1.48. The number of likely N-dealkylation sites (tertiary alicyclic amines) is 1. The number of rotatable bonds is 7. The van der Waals surface area contributed by atoms with E-state index in [4.69, 9.17) is 0 Å². The Hall–Kier alpha value is -4.39. The van der Waals surface area contributed by atoms with Crippen molar-refractivity contribution in [3.63, 3.8) is 0 Å². The van der Waals surface area contributed by atoms with Crippen LogP contribution >= 0.6 is 11.3 Å². The molecule has 0 spiro atoms. The third-order valence-corrected chi connectivity index (χ3v) is 10.7. The summed E-state index contributed by atoms with van der Waals surface area (Å²) in [6.45, 7) is 3.88. The van der Waals surface area contributed by atoms with Gasteiger partial charge in [0.25, 0.3) is 5.91 Å². The Bertz CT molecular complexity index is 2100. The van der Waals surface area contributed by atoms with Gasteiger partial charge in [-0.25, -0.2) is 23.2 Å². The summed E-state index contributed by atoms with van der Waals surface area (Å²) in [6.07, 6.45) is -0.607. The summed E-state index contributed by atoms with van der Waals surface area (Å²) < 4.78 is 67.8. The van der Waals surface area contributed by atoms with Gasteiger partial charge < -0.3 is 19.7 Å². The molecule has 1 aromatic carbocycles. The Morgan fingerprint density at radius 1 is 1.08 bits per heavy atom. The number of fused-ring (bicyclic) bond motifs is 1. The van der Waals surface area contributed by atoms with Crippen LogP contribution in [0.25, 0.3) is 32.6 Å². The summed E-state index contributed by atoms with van der Waals surface area (Å²) >= 11 is 0.775. The second kappa shape index (κ2) is 13.1. The van der Waals surface area contributed by atoms with E-state index in [1.165, 1.54) is 21.5 Å². The van der Waals surface area contributed by atoms with Gasteiger partial charge in [0.1, 0.15) is 16.4 Å². The highest BCUT2D eigenvalue weighted by atomic mass is 32.2. The summed E-state index contributed by atoms with van der Waals surface area (Å²) in [5, 5.41) is 6.28. The first-order valence-electron chi connectivity index (χ1n) is 15.3.